The minimum absolute atomic E-state index is 0.0505. The fourth-order valence-corrected chi connectivity index (χ4v) is 5.27. The molecule has 9 heteroatoms. The number of hydrogen-bond donors (Lipinski definition) is 1. The highest BCUT2D eigenvalue weighted by atomic mass is 32.1. The van der Waals surface area contributed by atoms with E-state index in [1.54, 1.807) is 0 Å². The minimum atomic E-state index is -0.708. The molecule has 0 aromatic heterocycles. The van der Waals surface area contributed by atoms with E-state index in [-0.39, 0.29) is 24.1 Å². The molecule has 2 amide bonds. The first kappa shape index (κ1) is 27.0. The molecule has 1 atom stereocenters. The number of carbonyl (C=O) groups is 2. The molecule has 2 aliphatic heterocycles. The van der Waals surface area contributed by atoms with Gasteiger partial charge >= 0.3 is 0 Å². The molecule has 2 aromatic carbocycles. The first-order chi connectivity index (χ1) is 17.9. The van der Waals surface area contributed by atoms with Crippen molar-refractivity contribution in [3.05, 3.63) is 54.3 Å². The average Bonchev–Trinajstić information content (AvgIpc) is 3.11. The summed E-state index contributed by atoms with van der Waals surface area (Å²) in [4.78, 5) is 32.3. The monoisotopic (exact) mass is 526 g/mol. The van der Waals surface area contributed by atoms with Crippen molar-refractivity contribution >= 4 is 40.5 Å². The first-order valence-electron chi connectivity index (χ1n) is 13.0. The molecule has 0 aliphatic carbocycles. The highest BCUT2D eigenvalue weighted by Gasteiger charge is 2.44. The maximum absolute atomic E-state index is 13.6. The summed E-state index contributed by atoms with van der Waals surface area (Å²) in [5, 5.41) is 3.17. The van der Waals surface area contributed by atoms with Crippen molar-refractivity contribution in [2.75, 3.05) is 43.0 Å². The second-order valence-electron chi connectivity index (χ2n) is 9.73. The fraction of sp³-hybridized carbons (Fsp3) is 0.464. The molecule has 0 spiro atoms. The molecule has 2 fully saturated rings. The van der Waals surface area contributed by atoms with Gasteiger partial charge in [0.25, 0.3) is 5.91 Å². The quantitative estimate of drug-likeness (QED) is 0.454. The van der Waals surface area contributed by atoms with Gasteiger partial charge in [0, 0.05) is 12.2 Å². The molecule has 2 aromatic rings. The van der Waals surface area contributed by atoms with Crippen molar-refractivity contribution in [1.82, 2.24) is 9.80 Å². The Morgan fingerprint density at radius 2 is 1.76 bits per heavy atom. The van der Waals surface area contributed by atoms with Crippen molar-refractivity contribution in [3.63, 3.8) is 0 Å². The molecule has 0 bridgehead atoms. The Morgan fingerprint density at radius 1 is 1.08 bits per heavy atom. The van der Waals surface area contributed by atoms with Crippen LogP contribution in [0.1, 0.15) is 39.5 Å². The zero-order chi connectivity index (χ0) is 26.4. The Labute approximate surface area is 223 Å². The Hall–Kier alpha value is -3.04. The number of carbonyl (C=O) groups excluding carboxylic acids is 2. The zero-order valence-electron chi connectivity index (χ0n) is 21.5. The Balaban J connectivity index is 1.47. The summed E-state index contributed by atoms with van der Waals surface area (Å²) in [5.74, 6) is 0.555. The SMILES string of the molecule is CCOc1ccc(N2C(=O)[C@@H](CC(=O)Nc3ccc(F)cc3)N(CCCN3CCC(C)CC3)C2=S)cc1. The third kappa shape index (κ3) is 6.84. The first-order valence-corrected chi connectivity index (χ1v) is 13.4. The molecule has 198 valence electrons. The summed E-state index contributed by atoms with van der Waals surface area (Å²) < 4.78 is 18.8. The van der Waals surface area contributed by atoms with Gasteiger partial charge in [-0.15, -0.1) is 0 Å². The molecule has 4 rings (SSSR count). The van der Waals surface area contributed by atoms with Crippen LogP contribution in [0.4, 0.5) is 15.8 Å². The molecular weight excluding hydrogens is 491 g/mol. The maximum Gasteiger partial charge on any atom is 0.256 e. The number of benzene rings is 2. The van der Waals surface area contributed by atoms with Crippen molar-refractivity contribution < 1.29 is 18.7 Å². The number of hydrogen-bond acceptors (Lipinski definition) is 5. The molecule has 0 unspecified atom stereocenters. The third-order valence-corrected chi connectivity index (χ3v) is 7.40. The van der Waals surface area contributed by atoms with E-state index < -0.39 is 6.04 Å². The van der Waals surface area contributed by atoms with Gasteiger partial charge in [-0.1, -0.05) is 6.92 Å². The van der Waals surface area contributed by atoms with E-state index in [0.717, 1.165) is 32.0 Å². The van der Waals surface area contributed by atoms with Gasteiger partial charge < -0.3 is 19.9 Å². The number of amides is 2. The highest BCUT2D eigenvalue weighted by Crippen LogP contribution is 2.29. The topological polar surface area (TPSA) is 65.1 Å². The van der Waals surface area contributed by atoms with Gasteiger partial charge in [0.1, 0.15) is 17.6 Å². The number of anilines is 2. The van der Waals surface area contributed by atoms with Crippen molar-refractivity contribution in [1.29, 1.82) is 0 Å². The van der Waals surface area contributed by atoms with Gasteiger partial charge in [0.05, 0.1) is 18.7 Å². The Morgan fingerprint density at radius 3 is 2.41 bits per heavy atom. The van der Waals surface area contributed by atoms with Crippen LogP contribution >= 0.6 is 12.2 Å². The van der Waals surface area contributed by atoms with Crippen LogP contribution in [0.15, 0.2) is 48.5 Å². The van der Waals surface area contributed by atoms with Gasteiger partial charge in [-0.2, -0.15) is 0 Å². The number of rotatable bonds is 10. The van der Waals surface area contributed by atoms with E-state index in [0.29, 0.717) is 35.4 Å². The molecule has 2 saturated heterocycles. The lowest BCUT2D eigenvalue weighted by molar-refractivity contribution is -0.124. The summed E-state index contributed by atoms with van der Waals surface area (Å²) >= 11 is 5.78. The summed E-state index contributed by atoms with van der Waals surface area (Å²) in [7, 11) is 0. The lowest BCUT2D eigenvalue weighted by Crippen LogP contribution is -2.40. The number of nitrogens with one attached hydrogen (secondary N) is 1. The second-order valence-corrected chi connectivity index (χ2v) is 10.1. The minimum Gasteiger partial charge on any atom is -0.494 e. The standard InChI is InChI=1S/C28H35FN4O3S/c1-3-36-24-11-9-23(10-12-24)33-27(35)25(19-26(34)30-22-7-5-21(29)6-8-22)32(28(33)37)16-4-15-31-17-13-20(2)14-18-31/h5-12,20,25H,3-4,13-19H2,1-2H3,(H,30,34)/t25-/m1/s1. The van der Waals surface area contributed by atoms with Crippen LogP contribution in [-0.2, 0) is 9.59 Å². The summed E-state index contributed by atoms with van der Waals surface area (Å²) in [6, 6.07) is 12.1. The molecular formula is C28H35FN4O3S. The molecule has 0 radical (unpaired) electrons. The smallest absolute Gasteiger partial charge is 0.256 e. The van der Waals surface area contributed by atoms with E-state index in [4.69, 9.17) is 17.0 Å². The number of thiocarbonyl (C=S) groups is 1. The summed E-state index contributed by atoms with van der Waals surface area (Å²) in [6.07, 6.45) is 3.21. The molecule has 2 aliphatic rings. The number of nitrogens with zero attached hydrogens (tertiary/aromatic N) is 3. The van der Waals surface area contributed by atoms with Crippen LogP contribution in [0.25, 0.3) is 0 Å². The van der Waals surface area contributed by atoms with Gasteiger partial charge in [0.15, 0.2) is 5.11 Å². The van der Waals surface area contributed by atoms with E-state index in [2.05, 4.69) is 17.1 Å². The van der Waals surface area contributed by atoms with E-state index in [9.17, 15) is 14.0 Å². The van der Waals surface area contributed by atoms with Crippen LogP contribution in [0.2, 0.25) is 0 Å². The maximum atomic E-state index is 13.6. The van der Waals surface area contributed by atoms with E-state index in [1.165, 1.54) is 42.0 Å². The number of likely N-dealkylation sites (tertiary alicyclic amines) is 1. The highest BCUT2D eigenvalue weighted by molar-refractivity contribution is 7.80. The van der Waals surface area contributed by atoms with Crippen molar-refractivity contribution in [2.24, 2.45) is 5.92 Å². The predicted octanol–water partition coefficient (Wildman–Crippen LogP) is 4.68. The Kier molecular flexibility index (Phi) is 9.10. The Bertz CT molecular complexity index is 1090. The van der Waals surface area contributed by atoms with Crippen LogP contribution in [0.5, 0.6) is 5.75 Å². The van der Waals surface area contributed by atoms with Gasteiger partial charge in [0.2, 0.25) is 5.91 Å². The van der Waals surface area contributed by atoms with Crippen LogP contribution in [0, 0.1) is 11.7 Å². The van der Waals surface area contributed by atoms with Crippen LogP contribution < -0.4 is 15.0 Å². The molecule has 0 saturated carbocycles. The third-order valence-electron chi connectivity index (χ3n) is 6.98. The summed E-state index contributed by atoms with van der Waals surface area (Å²) in [5.41, 5.74) is 1.13. The normalized spacial score (nSPS) is 18.9. The lowest BCUT2D eigenvalue weighted by Gasteiger charge is -2.31. The second kappa shape index (κ2) is 12.5. The average molecular weight is 527 g/mol. The van der Waals surface area contributed by atoms with Crippen LogP contribution in [0.3, 0.4) is 0 Å². The number of piperidine rings is 1. The zero-order valence-corrected chi connectivity index (χ0v) is 22.3. The van der Waals surface area contributed by atoms with Gasteiger partial charge in [-0.05, 0) is 112 Å². The number of ether oxygens (including phenoxy) is 1. The molecule has 37 heavy (non-hydrogen) atoms. The largest absolute Gasteiger partial charge is 0.494 e. The van der Waals surface area contributed by atoms with Crippen molar-refractivity contribution in [2.45, 2.75) is 45.6 Å². The van der Waals surface area contributed by atoms with E-state index >= 15 is 0 Å². The lowest BCUT2D eigenvalue weighted by atomic mass is 9.99. The fourth-order valence-electron chi connectivity index (χ4n) is 4.85. The van der Waals surface area contributed by atoms with E-state index in [1.807, 2.05) is 36.1 Å². The van der Waals surface area contributed by atoms with Gasteiger partial charge in [-0.3, -0.25) is 14.5 Å². The predicted molar refractivity (Wildman–Crippen MR) is 147 cm³/mol. The van der Waals surface area contributed by atoms with Crippen LogP contribution in [-0.4, -0.2) is 65.6 Å². The number of halogens is 1. The molecule has 1 N–H and O–H groups in total. The van der Waals surface area contributed by atoms with Gasteiger partial charge in [-0.25, -0.2) is 4.39 Å². The molecule has 7 nitrogen and oxygen atoms in total. The van der Waals surface area contributed by atoms with Crippen molar-refractivity contribution in [3.8, 4) is 5.75 Å². The summed E-state index contributed by atoms with van der Waals surface area (Å²) in [6.45, 7) is 8.45. The molecule has 2 heterocycles.